The number of nitrogens with zero attached hydrogens (tertiary/aromatic N) is 7. The standard InChI is InChI=1S/C14H21N9O2/c1-3-4-7-11-12(20-13(15)18-7)23(14(17-2)19-11)10-5-8(21-22-16)9(6-24)25-10/h8-10,24H,3-6H2,1-2H3,(H,17,19)(H2,15,18,20)/t8-,9+,10+/m0/s1. The highest BCUT2D eigenvalue weighted by Crippen LogP contribution is 2.36. The van der Waals surface area contributed by atoms with Gasteiger partial charge in [-0.2, -0.15) is 4.98 Å². The minimum absolute atomic E-state index is 0.169. The van der Waals surface area contributed by atoms with Crippen molar-refractivity contribution in [2.75, 3.05) is 24.7 Å². The first kappa shape index (κ1) is 17.2. The van der Waals surface area contributed by atoms with E-state index < -0.39 is 18.4 Å². The van der Waals surface area contributed by atoms with Crippen molar-refractivity contribution in [1.29, 1.82) is 0 Å². The van der Waals surface area contributed by atoms with Gasteiger partial charge in [0.1, 0.15) is 11.7 Å². The van der Waals surface area contributed by atoms with E-state index in [-0.39, 0.29) is 12.6 Å². The highest BCUT2D eigenvalue weighted by molar-refractivity contribution is 5.78. The van der Waals surface area contributed by atoms with E-state index in [0.29, 0.717) is 23.5 Å². The van der Waals surface area contributed by atoms with Gasteiger partial charge in [-0.15, -0.1) is 0 Å². The van der Waals surface area contributed by atoms with Gasteiger partial charge in [0, 0.05) is 18.4 Å². The van der Waals surface area contributed by atoms with Gasteiger partial charge in [0.15, 0.2) is 5.65 Å². The molecule has 2 aromatic heterocycles. The molecule has 3 heterocycles. The van der Waals surface area contributed by atoms with Gasteiger partial charge in [0.25, 0.3) is 0 Å². The van der Waals surface area contributed by atoms with E-state index in [4.69, 9.17) is 16.0 Å². The molecule has 1 fully saturated rings. The number of aliphatic hydroxyl groups is 1. The third kappa shape index (κ3) is 3.04. The molecule has 0 radical (unpaired) electrons. The third-order valence-corrected chi connectivity index (χ3v) is 4.21. The molecule has 0 aliphatic carbocycles. The van der Waals surface area contributed by atoms with Crippen LogP contribution in [0.3, 0.4) is 0 Å². The molecule has 1 aliphatic heterocycles. The average Bonchev–Trinajstić information content (AvgIpc) is 3.16. The van der Waals surface area contributed by atoms with E-state index in [1.807, 2.05) is 0 Å². The molecule has 1 aliphatic rings. The van der Waals surface area contributed by atoms with Crippen molar-refractivity contribution in [3.63, 3.8) is 0 Å². The van der Waals surface area contributed by atoms with Gasteiger partial charge in [0.05, 0.1) is 24.4 Å². The lowest BCUT2D eigenvalue weighted by atomic mass is 10.1. The van der Waals surface area contributed by atoms with Crippen LogP contribution < -0.4 is 11.1 Å². The number of azide groups is 1. The summed E-state index contributed by atoms with van der Waals surface area (Å²) in [5, 5.41) is 16.2. The molecule has 4 N–H and O–H groups in total. The number of imidazole rings is 1. The molecule has 25 heavy (non-hydrogen) atoms. The zero-order chi connectivity index (χ0) is 18.0. The zero-order valence-electron chi connectivity index (χ0n) is 14.1. The van der Waals surface area contributed by atoms with Crippen molar-refractivity contribution in [2.45, 2.75) is 44.6 Å². The van der Waals surface area contributed by atoms with Crippen LogP contribution in [0.15, 0.2) is 5.11 Å². The first-order valence-electron chi connectivity index (χ1n) is 8.15. The van der Waals surface area contributed by atoms with Gasteiger partial charge in [-0.25, -0.2) is 9.97 Å². The Balaban J connectivity index is 2.11. The van der Waals surface area contributed by atoms with Crippen LogP contribution in [0.2, 0.25) is 0 Å². The summed E-state index contributed by atoms with van der Waals surface area (Å²) in [4.78, 5) is 16.1. The Labute approximate surface area is 143 Å². The van der Waals surface area contributed by atoms with Crippen LogP contribution in [-0.4, -0.2) is 50.4 Å². The molecule has 134 valence electrons. The summed E-state index contributed by atoms with van der Waals surface area (Å²) in [5.74, 6) is 0.721. The number of anilines is 2. The predicted molar refractivity (Wildman–Crippen MR) is 91.8 cm³/mol. The van der Waals surface area contributed by atoms with Gasteiger partial charge in [-0.3, -0.25) is 4.57 Å². The maximum absolute atomic E-state index is 9.48. The van der Waals surface area contributed by atoms with Crippen LogP contribution in [0.1, 0.15) is 31.7 Å². The Morgan fingerprint density at radius 2 is 2.28 bits per heavy atom. The van der Waals surface area contributed by atoms with Crippen molar-refractivity contribution in [3.8, 4) is 0 Å². The Hall–Kier alpha value is -2.62. The highest BCUT2D eigenvalue weighted by Gasteiger charge is 2.37. The minimum Gasteiger partial charge on any atom is -0.394 e. The summed E-state index contributed by atoms with van der Waals surface area (Å²) in [7, 11) is 1.75. The van der Waals surface area contributed by atoms with E-state index >= 15 is 0 Å². The normalized spacial score (nSPS) is 22.9. The van der Waals surface area contributed by atoms with E-state index in [2.05, 4.69) is 37.2 Å². The van der Waals surface area contributed by atoms with Crippen LogP contribution in [0.25, 0.3) is 21.6 Å². The molecule has 11 nitrogen and oxygen atoms in total. The molecule has 1 saturated heterocycles. The fourth-order valence-electron chi connectivity index (χ4n) is 3.13. The number of aromatic nitrogens is 4. The predicted octanol–water partition coefficient (Wildman–Crippen LogP) is 1.36. The van der Waals surface area contributed by atoms with Crippen LogP contribution in [0.5, 0.6) is 0 Å². The fraction of sp³-hybridized carbons (Fsp3) is 0.643. The maximum Gasteiger partial charge on any atom is 0.222 e. The van der Waals surface area contributed by atoms with Crippen LogP contribution in [-0.2, 0) is 11.2 Å². The summed E-state index contributed by atoms with van der Waals surface area (Å²) in [6.07, 6.45) is 0.984. The van der Waals surface area contributed by atoms with Crippen molar-refractivity contribution in [3.05, 3.63) is 16.1 Å². The zero-order valence-corrected chi connectivity index (χ0v) is 14.1. The molecule has 0 spiro atoms. The Bertz CT molecular complexity index is 814. The Morgan fingerprint density at radius 1 is 1.48 bits per heavy atom. The largest absolute Gasteiger partial charge is 0.394 e. The number of nitrogens with two attached hydrogens (primary N) is 1. The molecule has 11 heteroatoms. The summed E-state index contributed by atoms with van der Waals surface area (Å²) >= 11 is 0. The minimum atomic E-state index is -0.572. The molecule has 2 aromatic rings. The van der Waals surface area contributed by atoms with Gasteiger partial charge in [0.2, 0.25) is 11.9 Å². The van der Waals surface area contributed by atoms with E-state index in [1.54, 1.807) is 11.6 Å². The molecular weight excluding hydrogens is 326 g/mol. The maximum atomic E-state index is 9.48. The number of nitrogens with one attached hydrogen (secondary N) is 1. The molecule has 0 bridgehead atoms. The van der Waals surface area contributed by atoms with Crippen molar-refractivity contribution in [1.82, 2.24) is 19.5 Å². The molecule has 0 saturated carbocycles. The lowest BCUT2D eigenvalue weighted by molar-refractivity contribution is -0.0223. The number of hydrogen-bond acceptors (Lipinski definition) is 8. The van der Waals surface area contributed by atoms with Crippen LogP contribution >= 0.6 is 0 Å². The van der Waals surface area contributed by atoms with E-state index in [1.165, 1.54) is 0 Å². The number of hydrogen-bond donors (Lipinski definition) is 3. The van der Waals surface area contributed by atoms with Crippen molar-refractivity contribution < 1.29 is 9.84 Å². The van der Waals surface area contributed by atoms with Crippen LogP contribution in [0.4, 0.5) is 11.9 Å². The molecule has 0 aromatic carbocycles. The third-order valence-electron chi connectivity index (χ3n) is 4.21. The Morgan fingerprint density at radius 3 is 2.92 bits per heavy atom. The molecule has 3 atom stereocenters. The van der Waals surface area contributed by atoms with Gasteiger partial charge in [-0.1, -0.05) is 18.5 Å². The fourth-order valence-corrected chi connectivity index (χ4v) is 3.13. The molecule has 0 unspecified atom stereocenters. The number of rotatable bonds is 6. The topological polar surface area (TPSA) is 160 Å². The monoisotopic (exact) mass is 347 g/mol. The molecule has 3 rings (SSSR count). The first-order chi connectivity index (χ1) is 12.1. The second-order valence-electron chi connectivity index (χ2n) is 5.83. The lowest BCUT2D eigenvalue weighted by Gasteiger charge is -2.16. The summed E-state index contributed by atoms with van der Waals surface area (Å²) in [6.45, 7) is 1.82. The Kier molecular flexibility index (Phi) is 4.88. The molecular formula is C14H21N9O2. The molecule has 0 amide bonds. The number of aliphatic hydroxyl groups excluding tert-OH is 1. The van der Waals surface area contributed by atoms with Crippen LogP contribution in [0, 0.1) is 0 Å². The first-order valence-corrected chi connectivity index (χ1v) is 8.15. The number of fused-ring (bicyclic) bond motifs is 1. The SMILES string of the molecule is CCCc1nc(N)nc2c1nc(NC)n2[C@H]1C[C@H](N=[N+]=[N-])[C@@H](CO)O1. The van der Waals surface area contributed by atoms with Gasteiger partial charge < -0.3 is 20.9 Å². The second kappa shape index (κ2) is 7.09. The van der Waals surface area contributed by atoms with Crippen molar-refractivity contribution >= 4 is 23.1 Å². The second-order valence-corrected chi connectivity index (χ2v) is 5.83. The average molecular weight is 347 g/mol. The summed E-state index contributed by atoms with van der Waals surface area (Å²) in [6, 6.07) is -0.462. The highest BCUT2D eigenvalue weighted by atomic mass is 16.5. The summed E-state index contributed by atoms with van der Waals surface area (Å²) < 4.78 is 7.66. The number of ether oxygens (including phenoxy) is 1. The quantitative estimate of drug-likeness (QED) is 0.404. The number of nitrogen functional groups attached to an aromatic ring is 1. The van der Waals surface area contributed by atoms with E-state index in [9.17, 15) is 5.11 Å². The van der Waals surface area contributed by atoms with Gasteiger partial charge in [-0.05, 0) is 12.0 Å². The smallest absolute Gasteiger partial charge is 0.222 e. The van der Waals surface area contributed by atoms with E-state index in [0.717, 1.165) is 18.5 Å². The summed E-state index contributed by atoms with van der Waals surface area (Å²) in [5.41, 5.74) is 16.6. The van der Waals surface area contributed by atoms with Crippen molar-refractivity contribution in [2.24, 2.45) is 5.11 Å². The number of aryl methyl sites for hydroxylation is 1. The lowest BCUT2D eigenvalue weighted by Crippen LogP contribution is -2.23. The van der Waals surface area contributed by atoms with Gasteiger partial charge >= 0.3 is 0 Å².